The number of anilines is 2. The first-order chi connectivity index (χ1) is 18.3. The van der Waals surface area contributed by atoms with Gasteiger partial charge in [0.2, 0.25) is 0 Å². The first-order valence-electron chi connectivity index (χ1n) is 12.1. The van der Waals surface area contributed by atoms with Gasteiger partial charge >= 0.3 is 11.8 Å². The number of nitrogens with zero attached hydrogens (tertiary/aromatic N) is 1. The fourth-order valence-electron chi connectivity index (χ4n) is 3.72. The Morgan fingerprint density at radius 2 is 1.55 bits per heavy atom. The molecule has 3 amide bonds. The van der Waals surface area contributed by atoms with E-state index in [2.05, 4.69) is 38.9 Å². The molecule has 0 aliphatic carbocycles. The number of ether oxygens (including phenoxy) is 1. The highest BCUT2D eigenvalue weighted by atomic mass is 79.9. The molecular weight excluding hydrogens is 555 g/mol. The molecule has 0 aliphatic rings. The monoisotopic (exact) mass is 580 g/mol. The second-order valence-electron chi connectivity index (χ2n) is 8.50. The minimum absolute atomic E-state index is 0.0770. The Bertz CT molecular complexity index is 1450. The lowest BCUT2D eigenvalue weighted by molar-refractivity contribution is -0.133. The van der Waals surface area contributed by atoms with Gasteiger partial charge in [-0.05, 0) is 79.2 Å². The van der Waals surface area contributed by atoms with E-state index < -0.39 is 23.5 Å². The molecule has 3 N–H and O–H groups in total. The molecule has 0 radical (unpaired) electrons. The van der Waals surface area contributed by atoms with Crippen molar-refractivity contribution < 1.29 is 23.5 Å². The van der Waals surface area contributed by atoms with Crippen LogP contribution < -0.4 is 20.8 Å². The molecule has 4 aromatic rings. The van der Waals surface area contributed by atoms with Crippen LogP contribution >= 0.6 is 15.9 Å². The summed E-state index contributed by atoms with van der Waals surface area (Å²) in [6.45, 7) is 2.73. The molecule has 196 valence electrons. The zero-order valence-corrected chi connectivity index (χ0v) is 22.2. The minimum Gasteiger partial charge on any atom is -0.494 e. The molecule has 0 spiro atoms. The third kappa shape index (κ3) is 6.77. The van der Waals surface area contributed by atoms with Crippen molar-refractivity contribution in [3.63, 3.8) is 0 Å². The normalized spacial score (nSPS) is 10.7. The van der Waals surface area contributed by atoms with E-state index in [0.717, 1.165) is 23.7 Å². The molecule has 3 aromatic carbocycles. The third-order valence-corrected chi connectivity index (χ3v) is 6.14. The maximum Gasteiger partial charge on any atom is 0.328 e. The average molecular weight is 581 g/mol. The number of carbonyl (C=O) groups is 3. The highest BCUT2D eigenvalue weighted by Crippen LogP contribution is 2.24. The second kappa shape index (κ2) is 12.4. The first-order valence-corrected chi connectivity index (χ1v) is 12.9. The largest absolute Gasteiger partial charge is 0.494 e. The van der Waals surface area contributed by atoms with Crippen molar-refractivity contribution in [3.8, 4) is 5.75 Å². The average Bonchev–Trinajstić information content (AvgIpc) is 3.26. The van der Waals surface area contributed by atoms with Crippen LogP contribution in [0.4, 0.5) is 15.8 Å². The smallest absolute Gasteiger partial charge is 0.328 e. The van der Waals surface area contributed by atoms with E-state index in [1.54, 1.807) is 48.5 Å². The maximum atomic E-state index is 13.2. The summed E-state index contributed by atoms with van der Waals surface area (Å²) in [4.78, 5) is 38.5. The van der Waals surface area contributed by atoms with Crippen LogP contribution in [0, 0.1) is 5.82 Å². The van der Waals surface area contributed by atoms with Crippen LogP contribution in [0.15, 0.2) is 77.3 Å². The zero-order valence-electron chi connectivity index (χ0n) is 20.6. The zero-order chi connectivity index (χ0) is 27.1. The van der Waals surface area contributed by atoms with Crippen molar-refractivity contribution in [1.29, 1.82) is 0 Å². The van der Waals surface area contributed by atoms with E-state index in [1.165, 1.54) is 28.9 Å². The van der Waals surface area contributed by atoms with Crippen molar-refractivity contribution in [2.75, 3.05) is 22.7 Å². The van der Waals surface area contributed by atoms with Crippen LogP contribution in [0.2, 0.25) is 0 Å². The number of rotatable bonds is 9. The van der Waals surface area contributed by atoms with Gasteiger partial charge in [-0.25, -0.2) is 9.07 Å². The second-order valence-corrected chi connectivity index (χ2v) is 9.42. The minimum atomic E-state index is -0.971. The molecule has 0 bridgehead atoms. The molecule has 0 saturated heterocycles. The van der Waals surface area contributed by atoms with E-state index in [0.29, 0.717) is 34.6 Å². The molecule has 1 aromatic heterocycles. The fourth-order valence-corrected chi connectivity index (χ4v) is 4.10. The Balaban J connectivity index is 1.48. The highest BCUT2D eigenvalue weighted by Gasteiger charge is 2.21. The van der Waals surface area contributed by atoms with Gasteiger partial charge in [-0.3, -0.25) is 19.8 Å². The van der Waals surface area contributed by atoms with Gasteiger partial charge in [0.05, 0.1) is 12.1 Å². The first kappa shape index (κ1) is 26.9. The van der Waals surface area contributed by atoms with Gasteiger partial charge in [0, 0.05) is 21.2 Å². The molecule has 10 heteroatoms. The van der Waals surface area contributed by atoms with E-state index in [-0.39, 0.29) is 5.69 Å². The molecule has 0 atom stereocenters. The van der Waals surface area contributed by atoms with Crippen molar-refractivity contribution in [3.05, 3.63) is 88.8 Å². The summed E-state index contributed by atoms with van der Waals surface area (Å²) in [5.74, 6) is -2.20. The Morgan fingerprint density at radius 1 is 0.868 bits per heavy atom. The number of aromatic nitrogens is 1. The molecule has 1 heterocycles. The van der Waals surface area contributed by atoms with Gasteiger partial charge in [0.25, 0.3) is 5.91 Å². The number of halogens is 2. The number of hydrogen-bond acceptors (Lipinski definition) is 4. The standard InChI is InChI=1S/C28H26BrFN4O4/c1-2-3-4-15-38-23-12-10-22(11-13-23)32-27(36)28(37)33-34-24-14-5-19(29)16-18(24)17-25(34)26(35)31-21-8-6-20(30)7-9-21/h5-14,16-17H,2-4,15H2,1H3,(H,31,35)(H,32,36)(H,33,37). The summed E-state index contributed by atoms with van der Waals surface area (Å²) in [6, 6.07) is 18.8. The van der Waals surface area contributed by atoms with Crippen LogP contribution in [0.25, 0.3) is 10.9 Å². The Hall–Kier alpha value is -4.18. The number of fused-ring (bicyclic) bond motifs is 1. The van der Waals surface area contributed by atoms with Gasteiger partial charge in [-0.15, -0.1) is 0 Å². The number of hydrogen-bond donors (Lipinski definition) is 3. The predicted molar refractivity (Wildman–Crippen MR) is 148 cm³/mol. The third-order valence-electron chi connectivity index (χ3n) is 5.65. The summed E-state index contributed by atoms with van der Waals surface area (Å²) in [5, 5.41) is 5.87. The number of nitrogens with one attached hydrogen (secondary N) is 3. The predicted octanol–water partition coefficient (Wildman–Crippen LogP) is 6.07. The summed E-state index contributed by atoms with van der Waals surface area (Å²) in [5.41, 5.74) is 3.87. The topological polar surface area (TPSA) is 101 Å². The van der Waals surface area contributed by atoms with Gasteiger partial charge in [0.15, 0.2) is 0 Å². The van der Waals surface area contributed by atoms with Crippen molar-refractivity contribution in [2.45, 2.75) is 26.2 Å². The van der Waals surface area contributed by atoms with Crippen LogP contribution in [-0.2, 0) is 9.59 Å². The number of carbonyl (C=O) groups excluding carboxylic acids is 3. The quantitative estimate of drug-likeness (QED) is 0.165. The molecule has 38 heavy (non-hydrogen) atoms. The van der Waals surface area contributed by atoms with Gasteiger partial charge in [-0.2, -0.15) is 0 Å². The van der Waals surface area contributed by atoms with Crippen LogP contribution in [0.5, 0.6) is 5.75 Å². The summed E-state index contributed by atoms with van der Waals surface area (Å²) < 4.78 is 20.9. The fraction of sp³-hybridized carbons (Fsp3) is 0.179. The molecule has 4 rings (SSSR count). The van der Waals surface area contributed by atoms with E-state index in [9.17, 15) is 18.8 Å². The Labute approximate surface area is 227 Å². The van der Waals surface area contributed by atoms with Crippen molar-refractivity contribution >= 4 is 55.9 Å². The summed E-state index contributed by atoms with van der Waals surface area (Å²) in [6.07, 6.45) is 3.16. The molecule has 8 nitrogen and oxygen atoms in total. The maximum absolute atomic E-state index is 13.2. The summed E-state index contributed by atoms with van der Waals surface area (Å²) >= 11 is 3.39. The van der Waals surface area contributed by atoms with Crippen LogP contribution in [0.3, 0.4) is 0 Å². The molecule has 0 aliphatic heterocycles. The SMILES string of the molecule is CCCCCOc1ccc(NC(=O)C(=O)Nn2c(C(=O)Nc3ccc(F)cc3)cc3cc(Br)ccc32)cc1. The van der Waals surface area contributed by atoms with E-state index >= 15 is 0 Å². The Morgan fingerprint density at radius 3 is 2.26 bits per heavy atom. The Kier molecular flexibility index (Phi) is 8.75. The summed E-state index contributed by atoms with van der Waals surface area (Å²) in [7, 11) is 0. The van der Waals surface area contributed by atoms with Crippen molar-refractivity contribution in [1.82, 2.24) is 4.68 Å². The van der Waals surface area contributed by atoms with Gasteiger partial charge in [0.1, 0.15) is 17.3 Å². The van der Waals surface area contributed by atoms with Crippen molar-refractivity contribution in [2.24, 2.45) is 0 Å². The number of benzene rings is 3. The molecule has 0 unspecified atom stereocenters. The van der Waals surface area contributed by atoms with Crippen LogP contribution in [-0.4, -0.2) is 29.0 Å². The molecule has 0 fully saturated rings. The van der Waals surface area contributed by atoms with Gasteiger partial charge < -0.3 is 15.4 Å². The lowest BCUT2D eigenvalue weighted by Gasteiger charge is -2.13. The van der Waals surface area contributed by atoms with Gasteiger partial charge in [-0.1, -0.05) is 35.7 Å². The molecular formula is C28H26BrFN4O4. The highest BCUT2D eigenvalue weighted by molar-refractivity contribution is 9.10. The van der Waals surface area contributed by atoms with E-state index in [1.807, 2.05) is 0 Å². The number of amides is 3. The molecule has 0 saturated carbocycles. The lowest BCUT2D eigenvalue weighted by Crippen LogP contribution is -2.36. The van der Waals surface area contributed by atoms with Crippen LogP contribution in [0.1, 0.15) is 36.7 Å². The number of unbranched alkanes of at least 4 members (excludes halogenated alkanes) is 2. The lowest BCUT2D eigenvalue weighted by atomic mass is 10.2. The van der Waals surface area contributed by atoms with E-state index in [4.69, 9.17) is 4.74 Å².